The number of nitrogens with zero attached hydrogens (tertiary/aromatic N) is 3. The molecule has 1 aliphatic rings. The Balaban J connectivity index is 1.28. The molecule has 0 bridgehead atoms. The van der Waals surface area contributed by atoms with E-state index in [0.717, 1.165) is 49.9 Å². The maximum absolute atomic E-state index is 12.6. The highest BCUT2D eigenvalue weighted by Crippen LogP contribution is 2.17. The molecule has 2 heterocycles. The monoisotopic (exact) mass is 406 g/mol. The fraction of sp³-hybridized carbons (Fsp3) is 0.417. The summed E-state index contributed by atoms with van der Waals surface area (Å²) >= 11 is 0. The van der Waals surface area contributed by atoms with Gasteiger partial charge in [0.2, 0.25) is 5.91 Å². The van der Waals surface area contributed by atoms with Crippen molar-refractivity contribution >= 4 is 16.9 Å². The first-order chi connectivity index (χ1) is 14.7. The third-order valence-electron chi connectivity index (χ3n) is 5.87. The van der Waals surface area contributed by atoms with Gasteiger partial charge in [-0.3, -0.25) is 4.79 Å². The summed E-state index contributed by atoms with van der Waals surface area (Å²) in [4.78, 5) is 19.5. The Labute approximate surface area is 177 Å². The number of aliphatic hydroxyl groups is 1. The minimum Gasteiger partial charge on any atom is -0.388 e. The minimum atomic E-state index is -0.130. The predicted octanol–water partition coefficient (Wildman–Crippen LogP) is 2.74. The van der Waals surface area contributed by atoms with Gasteiger partial charge in [-0.2, -0.15) is 0 Å². The molecule has 0 unspecified atom stereocenters. The van der Waals surface area contributed by atoms with Crippen LogP contribution in [-0.4, -0.2) is 51.1 Å². The molecule has 3 aromatic rings. The first-order valence-corrected chi connectivity index (χ1v) is 10.8. The van der Waals surface area contributed by atoms with Crippen LogP contribution >= 0.6 is 0 Å². The smallest absolute Gasteiger partial charge is 0.222 e. The molecule has 0 saturated carbocycles. The van der Waals surface area contributed by atoms with Crippen molar-refractivity contribution in [2.75, 3.05) is 19.6 Å². The predicted molar refractivity (Wildman–Crippen MR) is 118 cm³/mol. The van der Waals surface area contributed by atoms with E-state index in [0.29, 0.717) is 18.8 Å². The molecule has 1 fully saturated rings. The van der Waals surface area contributed by atoms with Crippen molar-refractivity contribution in [1.82, 2.24) is 19.8 Å². The Morgan fingerprint density at radius 3 is 2.73 bits per heavy atom. The van der Waals surface area contributed by atoms with Crippen molar-refractivity contribution < 1.29 is 9.90 Å². The molecular weight excluding hydrogens is 376 g/mol. The van der Waals surface area contributed by atoms with Crippen LogP contribution in [0.15, 0.2) is 54.6 Å². The highest BCUT2D eigenvalue weighted by atomic mass is 16.3. The average molecular weight is 407 g/mol. The first-order valence-electron chi connectivity index (χ1n) is 10.8. The maximum atomic E-state index is 12.6. The quantitative estimate of drug-likeness (QED) is 0.604. The van der Waals surface area contributed by atoms with E-state index in [1.165, 1.54) is 5.56 Å². The molecule has 6 nitrogen and oxygen atoms in total. The second kappa shape index (κ2) is 9.87. The highest BCUT2D eigenvalue weighted by molar-refractivity contribution is 5.78. The summed E-state index contributed by atoms with van der Waals surface area (Å²) in [6.07, 6.45) is 3.57. The van der Waals surface area contributed by atoms with Crippen LogP contribution in [0.25, 0.3) is 11.0 Å². The molecule has 1 saturated heterocycles. The lowest BCUT2D eigenvalue weighted by molar-refractivity contribution is -0.122. The number of imidazole rings is 1. The van der Waals surface area contributed by atoms with Crippen molar-refractivity contribution in [2.45, 2.75) is 44.9 Å². The number of rotatable bonds is 8. The molecule has 2 aromatic carbocycles. The lowest BCUT2D eigenvalue weighted by Gasteiger charge is -2.33. The molecule has 30 heavy (non-hydrogen) atoms. The zero-order valence-corrected chi connectivity index (χ0v) is 17.3. The number of aromatic nitrogens is 2. The summed E-state index contributed by atoms with van der Waals surface area (Å²) in [5, 5.41) is 12.8. The number of nitrogens with one attached hydrogen (secondary N) is 1. The van der Waals surface area contributed by atoms with Crippen LogP contribution in [0.2, 0.25) is 0 Å². The molecular formula is C24H30N4O2. The molecule has 0 aliphatic carbocycles. The zero-order valence-electron chi connectivity index (χ0n) is 17.3. The number of carbonyl (C=O) groups excluding carboxylic acids is 1. The van der Waals surface area contributed by atoms with Crippen LogP contribution in [0.4, 0.5) is 0 Å². The van der Waals surface area contributed by atoms with Gasteiger partial charge in [0, 0.05) is 32.1 Å². The van der Waals surface area contributed by atoms with Crippen molar-refractivity contribution in [3.05, 3.63) is 66.0 Å². The van der Waals surface area contributed by atoms with Crippen LogP contribution in [0, 0.1) is 0 Å². The third kappa shape index (κ3) is 5.07. The lowest BCUT2D eigenvalue weighted by Crippen LogP contribution is -2.48. The molecule has 0 spiro atoms. The molecule has 1 aromatic heterocycles. The number of fused-ring (bicyclic) bond motifs is 1. The Bertz CT molecular complexity index is 970. The number of amides is 1. The Kier molecular flexibility index (Phi) is 6.77. The van der Waals surface area contributed by atoms with Gasteiger partial charge in [0.25, 0.3) is 0 Å². The van der Waals surface area contributed by atoms with E-state index < -0.39 is 0 Å². The summed E-state index contributed by atoms with van der Waals surface area (Å²) < 4.78 is 1.95. The maximum Gasteiger partial charge on any atom is 0.222 e. The fourth-order valence-electron chi connectivity index (χ4n) is 4.32. The second-order valence-corrected chi connectivity index (χ2v) is 8.02. The number of hydrogen-bond acceptors (Lipinski definition) is 4. The number of para-hydroxylation sites is 2. The van der Waals surface area contributed by atoms with Crippen molar-refractivity contribution in [3.8, 4) is 0 Å². The van der Waals surface area contributed by atoms with E-state index in [4.69, 9.17) is 0 Å². The number of piperidine rings is 1. The fourth-order valence-corrected chi connectivity index (χ4v) is 4.32. The van der Waals surface area contributed by atoms with Gasteiger partial charge >= 0.3 is 0 Å². The molecule has 0 radical (unpaired) electrons. The summed E-state index contributed by atoms with van der Waals surface area (Å²) in [6.45, 7) is 3.42. The number of carbonyl (C=O) groups is 1. The van der Waals surface area contributed by atoms with Gasteiger partial charge in [-0.15, -0.1) is 0 Å². The Hall–Kier alpha value is -2.70. The molecule has 158 valence electrons. The van der Waals surface area contributed by atoms with Gasteiger partial charge in [-0.05, 0) is 43.5 Å². The summed E-state index contributed by atoms with van der Waals surface area (Å²) in [5.41, 5.74) is 3.17. The van der Waals surface area contributed by atoms with Crippen molar-refractivity contribution in [2.24, 2.45) is 0 Å². The molecule has 1 amide bonds. The van der Waals surface area contributed by atoms with E-state index in [9.17, 15) is 9.90 Å². The largest absolute Gasteiger partial charge is 0.388 e. The standard InChI is InChI=1S/C24H30N4O2/c29-18-23-26-21-10-4-5-11-22(21)28(23)16-13-24(30)25-20-9-6-14-27(17-20)15-12-19-7-2-1-3-8-19/h1-5,7-8,10-11,20,29H,6,9,12-18H2,(H,25,30)/t20-/m0/s1. The van der Waals surface area contributed by atoms with E-state index in [2.05, 4.69) is 39.5 Å². The van der Waals surface area contributed by atoms with Crippen LogP contribution in [0.1, 0.15) is 30.7 Å². The molecule has 2 N–H and O–H groups in total. The van der Waals surface area contributed by atoms with Gasteiger partial charge in [-0.25, -0.2) is 4.98 Å². The van der Waals surface area contributed by atoms with E-state index in [-0.39, 0.29) is 18.6 Å². The number of hydrogen-bond donors (Lipinski definition) is 2. The van der Waals surface area contributed by atoms with Crippen molar-refractivity contribution in [3.63, 3.8) is 0 Å². The summed E-state index contributed by atoms with van der Waals surface area (Å²) in [7, 11) is 0. The molecule has 1 atom stereocenters. The lowest BCUT2D eigenvalue weighted by atomic mass is 10.0. The van der Waals surface area contributed by atoms with E-state index in [1.807, 2.05) is 34.9 Å². The van der Waals surface area contributed by atoms with Gasteiger partial charge in [0.1, 0.15) is 12.4 Å². The van der Waals surface area contributed by atoms with Crippen molar-refractivity contribution in [1.29, 1.82) is 0 Å². The molecule has 6 heteroatoms. The Morgan fingerprint density at radius 1 is 1.10 bits per heavy atom. The normalized spacial score (nSPS) is 17.3. The van der Waals surface area contributed by atoms with Gasteiger partial charge in [0.15, 0.2) is 0 Å². The van der Waals surface area contributed by atoms with Crippen LogP contribution in [-0.2, 0) is 24.4 Å². The third-order valence-corrected chi connectivity index (χ3v) is 5.87. The van der Waals surface area contributed by atoms with E-state index in [1.54, 1.807) is 0 Å². The zero-order chi connectivity index (χ0) is 20.8. The van der Waals surface area contributed by atoms with Crippen LogP contribution < -0.4 is 5.32 Å². The highest BCUT2D eigenvalue weighted by Gasteiger charge is 2.21. The van der Waals surface area contributed by atoms with Gasteiger partial charge in [0.05, 0.1) is 11.0 Å². The van der Waals surface area contributed by atoms with Crippen LogP contribution in [0.5, 0.6) is 0 Å². The SMILES string of the molecule is O=C(CCn1c(CO)nc2ccccc21)N[C@H]1CCCN(CCc2ccccc2)C1. The second-order valence-electron chi connectivity index (χ2n) is 8.02. The molecule has 4 rings (SSSR count). The average Bonchev–Trinajstić information content (AvgIpc) is 3.15. The summed E-state index contributed by atoms with van der Waals surface area (Å²) in [5.74, 6) is 0.667. The number of aryl methyl sites for hydroxylation is 1. The van der Waals surface area contributed by atoms with Gasteiger partial charge < -0.3 is 19.9 Å². The number of aliphatic hydroxyl groups excluding tert-OH is 1. The first kappa shape index (κ1) is 20.6. The van der Waals surface area contributed by atoms with Crippen LogP contribution in [0.3, 0.4) is 0 Å². The number of benzene rings is 2. The van der Waals surface area contributed by atoms with E-state index >= 15 is 0 Å². The number of likely N-dealkylation sites (tertiary alicyclic amines) is 1. The summed E-state index contributed by atoms with van der Waals surface area (Å²) in [6, 6.07) is 18.6. The topological polar surface area (TPSA) is 70.4 Å². The van der Waals surface area contributed by atoms with Gasteiger partial charge in [-0.1, -0.05) is 42.5 Å². The Morgan fingerprint density at radius 2 is 1.90 bits per heavy atom. The minimum absolute atomic E-state index is 0.0616. The molecule has 1 aliphatic heterocycles.